The van der Waals surface area contributed by atoms with Crippen molar-refractivity contribution in [2.75, 3.05) is 6.61 Å². The van der Waals surface area contributed by atoms with E-state index in [0.717, 1.165) is 5.56 Å². The number of aliphatic hydroxyl groups is 1. The molecule has 1 rings (SSSR count). The summed E-state index contributed by atoms with van der Waals surface area (Å²) in [6, 6.07) is 7.91. The minimum absolute atomic E-state index is 0.0292. The van der Waals surface area contributed by atoms with Gasteiger partial charge < -0.3 is 10.2 Å². The second-order valence-corrected chi connectivity index (χ2v) is 4.75. The molecule has 3 nitrogen and oxygen atoms in total. The summed E-state index contributed by atoms with van der Waals surface area (Å²) in [5.41, 5.74) is 2.21. The van der Waals surface area contributed by atoms with E-state index < -0.39 is 11.9 Å². The largest absolute Gasteiger partial charge is 0.481 e. The maximum atomic E-state index is 11.1. The van der Waals surface area contributed by atoms with Gasteiger partial charge in [-0.05, 0) is 31.2 Å². The van der Waals surface area contributed by atoms with Gasteiger partial charge in [0.05, 0.1) is 5.92 Å². The first-order valence-corrected chi connectivity index (χ1v) is 5.92. The van der Waals surface area contributed by atoms with E-state index >= 15 is 0 Å². The Bertz CT molecular complexity index is 356. The predicted molar refractivity (Wildman–Crippen MR) is 66.9 cm³/mol. The Hall–Kier alpha value is -1.35. The molecule has 0 aliphatic rings. The fraction of sp³-hybridized carbons (Fsp3) is 0.500. The van der Waals surface area contributed by atoms with Crippen LogP contribution in [0.1, 0.15) is 24.5 Å². The number of hydrogen-bond acceptors (Lipinski definition) is 2. The molecule has 2 atom stereocenters. The number of aliphatic carboxylic acids is 1. The molecule has 1 aromatic rings. The van der Waals surface area contributed by atoms with Crippen LogP contribution in [0.4, 0.5) is 0 Å². The average Bonchev–Trinajstić information content (AvgIpc) is 2.30. The van der Waals surface area contributed by atoms with Crippen molar-refractivity contribution in [2.45, 2.75) is 26.7 Å². The minimum Gasteiger partial charge on any atom is -0.481 e. The van der Waals surface area contributed by atoms with Gasteiger partial charge in [-0.25, -0.2) is 0 Å². The van der Waals surface area contributed by atoms with Crippen LogP contribution < -0.4 is 0 Å². The summed E-state index contributed by atoms with van der Waals surface area (Å²) < 4.78 is 0. The van der Waals surface area contributed by atoms with Crippen molar-refractivity contribution in [2.24, 2.45) is 11.8 Å². The molecule has 0 aliphatic heterocycles. The predicted octanol–water partition coefficient (Wildman–Crippen LogP) is 2.26. The van der Waals surface area contributed by atoms with Gasteiger partial charge in [-0.3, -0.25) is 4.79 Å². The lowest BCUT2D eigenvalue weighted by Gasteiger charge is -2.16. The van der Waals surface area contributed by atoms with Gasteiger partial charge in [-0.1, -0.05) is 36.8 Å². The first-order valence-electron chi connectivity index (χ1n) is 5.92. The molecular formula is C14H20O3. The molecule has 0 saturated carbocycles. The van der Waals surface area contributed by atoms with Crippen LogP contribution in [0.15, 0.2) is 24.3 Å². The van der Waals surface area contributed by atoms with Gasteiger partial charge in [0, 0.05) is 6.61 Å². The Morgan fingerprint density at radius 3 is 2.35 bits per heavy atom. The zero-order valence-corrected chi connectivity index (χ0v) is 10.4. The number of carbonyl (C=O) groups is 1. The maximum Gasteiger partial charge on any atom is 0.306 e. The van der Waals surface area contributed by atoms with E-state index in [9.17, 15) is 4.79 Å². The summed E-state index contributed by atoms with van der Waals surface area (Å²) in [5.74, 6) is -1.17. The Morgan fingerprint density at radius 2 is 1.88 bits per heavy atom. The Balaban J connectivity index is 2.66. The second kappa shape index (κ2) is 6.40. The molecule has 2 N–H and O–H groups in total. The van der Waals surface area contributed by atoms with E-state index in [0.29, 0.717) is 12.8 Å². The molecule has 0 aliphatic carbocycles. The van der Waals surface area contributed by atoms with Gasteiger partial charge in [0.25, 0.3) is 0 Å². The van der Waals surface area contributed by atoms with E-state index in [4.69, 9.17) is 10.2 Å². The zero-order valence-electron chi connectivity index (χ0n) is 10.4. The van der Waals surface area contributed by atoms with Gasteiger partial charge in [-0.2, -0.15) is 0 Å². The molecule has 0 fully saturated rings. The first kappa shape index (κ1) is 13.7. The smallest absolute Gasteiger partial charge is 0.306 e. The third kappa shape index (κ3) is 4.57. The lowest BCUT2D eigenvalue weighted by Crippen LogP contribution is -2.20. The summed E-state index contributed by atoms with van der Waals surface area (Å²) in [6.45, 7) is 3.91. The number of aliphatic hydroxyl groups excluding tert-OH is 1. The van der Waals surface area contributed by atoms with E-state index in [1.807, 2.05) is 38.1 Å². The van der Waals surface area contributed by atoms with Crippen molar-refractivity contribution in [1.29, 1.82) is 0 Å². The van der Waals surface area contributed by atoms with Gasteiger partial charge >= 0.3 is 5.97 Å². The molecule has 0 saturated heterocycles. The number of carboxylic acids is 1. The Labute approximate surface area is 102 Å². The molecule has 0 radical (unpaired) electrons. The number of rotatable bonds is 6. The lowest BCUT2D eigenvalue weighted by atomic mass is 9.90. The molecule has 3 heteroatoms. The summed E-state index contributed by atoms with van der Waals surface area (Å²) in [4.78, 5) is 11.1. The fourth-order valence-corrected chi connectivity index (χ4v) is 1.84. The summed E-state index contributed by atoms with van der Waals surface area (Å²) >= 11 is 0. The van der Waals surface area contributed by atoms with Crippen LogP contribution in [0, 0.1) is 18.8 Å². The number of aryl methyl sites for hydroxylation is 1. The molecule has 1 aromatic carbocycles. The number of hydrogen-bond donors (Lipinski definition) is 2. The summed E-state index contributed by atoms with van der Waals surface area (Å²) in [5, 5.41) is 18.1. The standard InChI is InChI=1S/C14H20O3/c1-10-3-5-12(6-4-10)8-13(14(16)17)7-11(2)9-15/h3-6,11,13,15H,7-9H2,1-2H3,(H,16,17). The highest BCUT2D eigenvalue weighted by Gasteiger charge is 2.20. The van der Waals surface area contributed by atoms with E-state index in [1.54, 1.807) is 0 Å². The van der Waals surface area contributed by atoms with Crippen LogP contribution >= 0.6 is 0 Å². The van der Waals surface area contributed by atoms with E-state index in [2.05, 4.69) is 0 Å². The van der Waals surface area contributed by atoms with Crippen LogP contribution in [-0.4, -0.2) is 22.8 Å². The number of benzene rings is 1. The highest BCUT2D eigenvalue weighted by atomic mass is 16.4. The molecule has 0 bridgehead atoms. The highest BCUT2D eigenvalue weighted by Crippen LogP contribution is 2.18. The molecule has 0 spiro atoms. The first-order chi connectivity index (χ1) is 8.02. The molecule has 2 unspecified atom stereocenters. The van der Waals surface area contributed by atoms with Crippen LogP contribution in [0.5, 0.6) is 0 Å². The summed E-state index contributed by atoms with van der Waals surface area (Å²) in [6.07, 6.45) is 1.04. The van der Waals surface area contributed by atoms with Crippen molar-refractivity contribution >= 4 is 5.97 Å². The van der Waals surface area contributed by atoms with Crippen molar-refractivity contribution < 1.29 is 15.0 Å². The fourth-order valence-electron chi connectivity index (χ4n) is 1.84. The van der Waals surface area contributed by atoms with Crippen molar-refractivity contribution in [3.8, 4) is 0 Å². The van der Waals surface area contributed by atoms with Crippen LogP contribution in [0.2, 0.25) is 0 Å². The highest BCUT2D eigenvalue weighted by molar-refractivity contribution is 5.70. The van der Waals surface area contributed by atoms with Crippen LogP contribution in [0.3, 0.4) is 0 Å². The molecule has 0 heterocycles. The second-order valence-electron chi connectivity index (χ2n) is 4.75. The van der Waals surface area contributed by atoms with Crippen LogP contribution in [-0.2, 0) is 11.2 Å². The monoisotopic (exact) mass is 236 g/mol. The number of carboxylic acid groups (broad SMARTS) is 1. The van der Waals surface area contributed by atoms with E-state index in [1.165, 1.54) is 5.56 Å². The zero-order chi connectivity index (χ0) is 12.8. The topological polar surface area (TPSA) is 57.5 Å². The van der Waals surface area contributed by atoms with Gasteiger partial charge in [-0.15, -0.1) is 0 Å². The Kier molecular flexibility index (Phi) is 5.16. The maximum absolute atomic E-state index is 11.1. The van der Waals surface area contributed by atoms with Gasteiger partial charge in [0.15, 0.2) is 0 Å². The molecular weight excluding hydrogens is 216 g/mol. The normalized spacial score (nSPS) is 14.3. The average molecular weight is 236 g/mol. The molecule has 94 valence electrons. The van der Waals surface area contributed by atoms with Crippen molar-refractivity contribution in [1.82, 2.24) is 0 Å². The van der Waals surface area contributed by atoms with Crippen molar-refractivity contribution in [3.05, 3.63) is 35.4 Å². The third-order valence-electron chi connectivity index (χ3n) is 2.95. The quantitative estimate of drug-likeness (QED) is 0.796. The van der Waals surface area contributed by atoms with Gasteiger partial charge in [0.2, 0.25) is 0 Å². The van der Waals surface area contributed by atoms with Gasteiger partial charge in [0.1, 0.15) is 0 Å². The minimum atomic E-state index is -0.786. The summed E-state index contributed by atoms with van der Waals surface area (Å²) in [7, 11) is 0. The SMILES string of the molecule is Cc1ccc(CC(CC(C)CO)C(=O)O)cc1. The lowest BCUT2D eigenvalue weighted by molar-refractivity contribution is -0.142. The third-order valence-corrected chi connectivity index (χ3v) is 2.95. The molecule has 0 aromatic heterocycles. The molecule has 0 amide bonds. The van der Waals surface area contributed by atoms with E-state index in [-0.39, 0.29) is 12.5 Å². The molecule has 17 heavy (non-hydrogen) atoms. The van der Waals surface area contributed by atoms with Crippen molar-refractivity contribution in [3.63, 3.8) is 0 Å². The Morgan fingerprint density at radius 1 is 1.29 bits per heavy atom. The van der Waals surface area contributed by atoms with Crippen LogP contribution in [0.25, 0.3) is 0 Å².